The molecule has 0 aliphatic rings. The average Bonchev–Trinajstić information content (AvgIpc) is 2.52. The molecule has 148 valence electrons. The van der Waals surface area contributed by atoms with Crippen molar-refractivity contribution in [2.75, 3.05) is 6.61 Å². The van der Waals surface area contributed by atoms with Crippen molar-refractivity contribution >= 4 is 11.6 Å². The molecule has 0 aromatic rings. The van der Waals surface area contributed by atoms with Crippen LogP contribution in [-0.4, -0.2) is 34.5 Å². The van der Waals surface area contributed by atoms with E-state index in [1.807, 2.05) is 13.8 Å². The van der Waals surface area contributed by atoms with Crippen molar-refractivity contribution in [2.24, 2.45) is 0 Å². The highest BCUT2D eigenvalue weighted by Crippen LogP contribution is 2.17. The lowest BCUT2D eigenvalue weighted by Crippen LogP contribution is -2.35. The normalized spacial score (nSPS) is 12.4. The quantitative estimate of drug-likeness (QED) is 0.395. The number of hydrogen-bond acceptors (Lipinski definition) is 4. The minimum atomic E-state index is -1.23. The predicted molar refractivity (Wildman–Crippen MR) is 103 cm³/mol. The van der Waals surface area contributed by atoms with E-state index in [4.69, 9.17) is 4.74 Å². The Kier molecular flexibility index (Phi) is 12.2. The number of carbonyl (C=O) groups is 2. The number of Topliss-reactive ketones (excluding diaryl/α,β-unsaturated/α-hetero) is 2. The van der Waals surface area contributed by atoms with E-state index in [2.05, 4.69) is 6.92 Å². The largest absolute Gasteiger partial charge is 0.383 e. The molecule has 0 radical (unpaired) electrons. The Labute approximate surface area is 154 Å². The SMILES string of the molecule is CCCCCCCCC(=O)C(C)(C)OCCCCCC(=O)C(C)(C)O. The molecule has 0 aliphatic heterocycles. The molecule has 0 unspecified atom stereocenters. The number of carbonyl (C=O) groups excluding carboxylic acids is 2. The second-order valence-electron chi connectivity index (χ2n) is 8.09. The van der Waals surface area contributed by atoms with Crippen LogP contribution < -0.4 is 0 Å². The highest BCUT2D eigenvalue weighted by molar-refractivity contribution is 5.86. The fraction of sp³-hybridized carbons (Fsp3) is 0.905. The monoisotopic (exact) mass is 356 g/mol. The highest BCUT2D eigenvalue weighted by Gasteiger charge is 2.27. The van der Waals surface area contributed by atoms with Gasteiger partial charge in [0, 0.05) is 19.4 Å². The zero-order chi connectivity index (χ0) is 19.3. The van der Waals surface area contributed by atoms with E-state index in [-0.39, 0.29) is 11.6 Å². The summed E-state index contributed by atoms with van der Waals surface area (Å²) in [6.45, 7) is 9.49. The average molecular weight is 357 g/mol. The molecule has 0 aliphatic carbocycles. The molecular formula is C21H40O4. The predicted octanol–water partition coefficient (Wildman–Crippen LogP) is 5.00. The van der Waals surface area contributed by atoms with Gasteiger partial charge in [0.25, 0.3) is 0 Å². The fourth-order valence-corrected chi connectivity index (χ4v) is 2.65. The van der Waals surface area contributed by atoms with Crippen LogP contribution in [0.1, 0.15) is 105 Å². The van der Waals surface area contributed by atoms with Gasteiger partial charge in [0.2, 0.25) is 0 Å². The smallest absolute Gasteiger partial charge is 0.164 e. The van der Waals surface area contributed by atoms with Gasteiger partial charge >= 0.3 is 0 Å². The molecule has 0 aromatic carbocycles. The third kappa shape index (κ3) is 12.3. The summed E-state index contributed by atoms with van der Waals surface area (Å²) in [5.74, 6) is 0.0584. The van der Waals surface area contributed by atoms with Crippen molar-refractivity contribution in [2.45, 2.75) is 116 Å². The first kappa shape index (κ1) is 24.3. The van der Waals surface area contributed by atoms with E-state index in [1.165, 1.54) is 39.5 Å². The lowest BCUT2D eigenvalue weighted by Gasteiger charge is -2.24. The lowest BCUT2D eigenvalue weighted by molar-refractivity contribution is -0.140. The summed E-state index contributed by atoms with van der Waals surface area (Å²) in [5, 5.41) is 9.58. The molecule has 1 N–H and O–H groups in total. The van der Waals surface area contributed by atoms with Crippen LogP contribution in [0, 0.1) is 0 Å². The lowest BCUT2D eigenvalue weighted by atomic mass is 9.97. The Morgan fingerprint density at radius 2 is 1.24 bits per heavy atom. The number of ketones is 2. The minimum Gasteiger partial charge on any atom is -0.383 e. The van der Waals surface area contributed by atoms with Crippen LogP contribution in [0.3, 0.4) is 0 Å². The molecule has 0 amide bonds. The maximum atomic E-state index is 12.3. The van der Waals surface area contributed by atoms with E-state index < -0.39 is 11.2 Å². The Morgan fingerprint density at radius 3 is 1.80 bits per heavy atom. The Bertz CT molecular complexity index is 380. The van der Waals surface area contributed by atoms with Crippen LogP contribution in [0.4, 0.5) is 0 Å². The van der Waals surface area contributed by atoms with E-state index in [0.717, 1.165) is 32.1 Å². The first-order valence-electron chi connectivity index (χ1n) is 10.0. The van der Waals surface area contributed by atoms with Crippen LogP contribution in [0.5, 0.6) is 0 Å². The topological polar surface area (TPSA) is 63.6 Å². The number of unbranched alkanes of at least 4 members (excludes halogenated alkanes) is 7. The molecule has 0 fully saturated rings. The molecule has 0 rings (SSSR count). The van der Waals surface area contributed by atoms with Gasteiger partial charge in [-0.15, -0.1) is 0 Å². The Hall–Kier alpha value is -0.740. The molecule has 25 heavy (non-hydrogen) atoms. The summed E-state index contributed by atoms with van der Waals surface area (Å²) < 4.78 is 5.78. The molecular weight excluding hydrogens is 316 g/mol. The molecule has 0 heterocycles. The minimum absolute atomic E-state index is 0.122. The Morgan fingerprint density at radius 1 is 0.760 bits per heavy atom. The summed E-state index contributed by atoms with van der Waals surface area (Å²) >= 11 is 0. The zero-order valence-corrected chi connectivity index (χ0v) is 17.2. The molecule has 0 bridgehead atoms. The van der Waals surface area contributed by atoms with Gasteiger partial charge in [-0.3, -0.25) is 9.59 Å². The third-order valence-corrected chi connectivity index (χ3v) is 4.62. The van der Waals surface area contributed by atoms with Crippen molar-refractivity contribution in [3.05, 3.63) is 0 Å². The maximum Gasteiger partial charge on any atom is 0.164 e. The van der Waals surface area contributed by atoms with Gasteiger partial charge in [-0.25, -0.2) is 0 Å². The second kappa shape index (κ2) is 12.6. The summed E-state index contributed by atoms with van der Waals surface area (Å²) in [6, 6.07) is 0. The molecule has 0 saturated carbocycles. The zero-order valence-electron chi connectivity index (χ0n) is 17.2. The number of rotatable bonds is 16. The van der Waals surface area contributed by atoms with Gasteiger partial charge in [0.1, 0.15) is 11.2 Å². The molecule has 0 spiro atoms. The van der Waals surface area contributed by atoms with Crippen molar-refractivity contribution in [3.8, 4) is 0 Å². The van der Waals surface area contributed by atoms with Crippen molar-refractivity contribution in [3.63, 3.8) is 0 Å². The Balaban J connectivity index is 3.78. The molecule has 4 heteroatoms. The van der Waals surface area contributed by atoms with E-state index >= 15 is 0 Å². The van der Waals surface area contributed by atoms with Gasteiger partial charge < -0.3 is 9.84 Å². The summed E-state index contributed by atoms with van der Waals surface area (Å²) in [4.78, 5) is 23.9. The summed E-state index contributed by atoms with van der Waals surface area (Å²) in [7, 11) is 0. The first-order chi connectivity index (χ1) is 11.6. The molecule has 4 nitrogen and oxygen atoms in total. The van der Waals surface area contributed by atoms with Gasteiger partial charge in [-0.1, -0.05) is 45.4 Å². The maximum absolute atomic E-state index is 12.3. The first-order valence-corrected chi connectivity index (χ1v) is 10.0. The second-order valence-corrected chi connectivity index (χ2v) is 8.09. The highest BCUT2D eigenvalue weighted by atomic mass is 16.5. The van der Waals surface area contributed by atoms with Crippen LogP contribution >= 0.6 is 0 Å². The van der Waals surface area contributed by atoms with Gasteiger partial charge in [0.05, 0.1) is 0 Å². The fourth-order valence-electron chi connectivity index (χ4n) is 2.65. The van der Waals surface area contributed by atoms with E-state index in [9.17, 15) is 14.7 Å². The standard InChI is InChI=1S/C21H40O4/c1-6-7-8-9-10-12-16-19(23)21(4,5)25-17-14-11-13-15-18(22)20(2,3)24/h24H,6-17H2,1-5H3. The van der Waals surface area contributed by atoms with Crippen molar-refractivity contribution < 1.29 is 19.4 Å². The number of hydrogen-bond donors (Lipinski definition) is 1. The van der Waals surface area contributed by atoms with Crippen LogP contribution in [-0.2, 0) is 14.3 Å². The third-order valence-electron chi connectivity index (χ3n) is 4.62. The molecule has 0 atom stereocenters. The number of aliphatic hydroxyl groups is 1. The van der Waals surface area contributed by atoms with Gasteiger partial charge in [-0.2, -0.15) is 0 Å². The summed E-state index contributed by atoms with van der Waals surface area (Å²) in [5.41, 5.74) is -1.95. The van der Waals surface area contributed by atoms with Crippen LogP contribution in [0.2, 0.25) is 0 Å². The van der Waals surface area contributed by atoms with Crippen molar-refractivity contribution in [1.82, 2.24) is 0 Å². The van der Waals surface area contributed by atoms with Crippen molar-refractivity contribution in [1.29, 1.82) is 0 Å². The summed E-state index contributed by atoms with van der Waals surface area (Å²) in [6.07, 6.45) is 10.5. The molecule has 0 aromatic heterocycles. The van der Waals surface area contributed by atoms with Gasteiger partial charge in [0.15, 0.2) is 11.6 Å². The van der Waals surface area contributed by atoms with E-state index in [0.29, 0.717) is 19.4 Å². The van der Waals surface area contributed by atoms with E-state index in [1.54, 1.807) is 0 Å². The molecule has 0 saturated heterocycles. The van der Waals surface area contributed by atoms with Gasteiger partial charge in [-0.05, 0) is 47.0 Å². The van der Waals surface area contributed by atoms with Crippen LogP contribution in [0.25, 0.3) is 0 Å². The number of ether oxygens (including phenoxy) is 1. The van der Waals surface area contributed by atoms with Crippen LogP contribution in [0.15, 0.2) is 0 Å².